The van der Waals surface area contributed by atoms with E-state index in [-0.39, 0.29) is 36.5 Å². The van der Waals surface area contributed by atoms with Gasteiger partial charge in [-0.15, -0.1) is 0 Å². The van der Waals surface area contributed by atoms with Gasteiger partial charge in [0.05, 0.1) is 30.9 Å². The van der Waals surface area contributed by atoms with Gasteiger partial charge in [-0.25, -0.2) is 9.78 Å². The van der Waals surface area contributed by atoms with E-state index in [1.807, 2.05) is 6.08 Å². The van der Waals surface area contributed by atoms with Crippen LogP contribution in [0.15, 0.2) is 35.4 Å². The van der Waals surface area contributed by atoms with Crippen molar-refractivity contribution in [2.24, 2.45) is 7.05 Å². The summed E-state index contributed by atoms with van der Waals surface area (Å²) in [6.45, 7) is 3.41. The lowest BCUT2D eigenvalue weighted by atomic mass is 10.0. The Kier molecular flexibility index (Phi) is 9.70. The van der Waals surface area contributed by atoms with Gasteiger partial charge in [0.1, 0.15) is 24.2 Å². The lowest BCUT2D eigenvalue weighted by molar-refractivity contribution is -0.138. The van der Waals surface area contributed by atoms with Crippen molar-refractivity contribution in [3.8, 4) is 0 Å². The second-order valence-electron chi connectivity index (χ2n) is 8.84. The van der Waals surface area contributed by atoms with Gasteiger partial charge < -0.3 is 34.7 Å². The molecule has 0 aromatic carbocycles. The number of nitrogens with one attached hydrogen (secondary N) is 2. The lowest BCUT2D eigenvalue weighted by Gasteiger charge is -2.23. The minimum Gasteiger partial charge on any atom is -0.475 e. The number of nitrogen functional groups attached to an aromatic ring is 1. The highest BCUT2D eigenvalue weighted by atomic mass is 19.4. The van der Waals surface area contributed by atoms with Crippen molar-refractivity contribution < 1.29 is 32.2 Å². The van der Waals surface area contributed by atoms with Crippen LogP contribution in [0.2, 0.25) is 0 Å². The van der Waals surface area contributed by atoms with Gasteiger partial charge in [0, 0.05) is 33.0 Å². The minimum absolute atomic E-state index is 0.110. The van der Waals surface area contributed by atoms with E-state index < -0.39 is 29.0 Å². The first kappa shape index (κ1) is 29.6. The molecule has 2 aromatic rings. The summed E-state index contributed by atoms with van der Waals surface area (Å²) in [6.07, 6.45) is -0.621. The predicted octanol–water partition coefficient (Wildman–Crippen LogP) is 3.10. The number of carbonyl (C=O) groups excluding carboxylic acids is 1. The van der Waals surface area contributed by atoms with Crippen LogP contribution in [0.5, 0.6) is 0 Å². The molecule has 1 fully saturated rings. The number of hydrogen-bond donors (Lipinski definition) is 3. The second kappa shape index (κ2) is 12.8. The van der Waals surface area contributed by atoms with Crippen molar-refractivity contribution in [1.29, 1.82) is 5.41 Å². The van der Waals surface area contributed by atoms with Gasteiger partial charge in [0.15, 0.2) is 0 Å². The number of alkyl halides is 3. The van der Waals surface area contributed by atoms with Crippen LogP contribution in [0, 0.1) is 5.41 Å². The summed E-state index contributed by atoms with van der Waals surface area (Å²) in [5.41, 5.74) is 5.37. The molecule has 14 heteroatoms. The number of nitrogens with two attached hydrogens (primary N) is 1. The maximum Gasteiger partial charge on any atom is 0.417 e. The second-order valence-corrected chi connectivity index (χ2v) is 8.84. The Hall–Kier alpha value is -3.91. The molecule has 0 spiro atoms. The summed E-state index contributed by atoms with van der Waals surface area (Å²) in [5.74, 6) is -0.0650. The number of halogens is 3. The van der Waals surface area contributed by atoms with Crippen molar-refractivity contribution in [2.45, 2.75) is 25.6 Å². The molecule has 11 nitrogen and oxygen atoms in total. The molecule has 1 unspecified atom stereocenters. The fraction of sp³-hybridized carbons (Fsp3) is 0.440. The summed E-state index contributed by atoms with van der Waals surface area (Å²) in [7, 11) is 2.63. The van der Waals surface area contributed by atoms with Crippen LogP contribution in [0.3, 0.4) is 0 Å². The fourth-order valence-electron chi connectivity index (χ4n) is 3.73. The molecule has 3 rings (SSSR count). The summed E-state index contributed by atoms with van der Waals surface area (Å²) >= 11 is 0. The first-order chi connectivity index (χ1) is 18.4. The number of rotatable bonds is 8. The number of aromatic nitrogens is 2. The van der Waals surface area contributed by atoms with E-state index in [0.29, 0.717) is 44.1 Å². The van der Waals surface area contributed by atoms with Gasteiger partial charge in [-0.3, -0.25) is 10.2 Å². The van der Waals surface area contributed by atoms with Crippen LogP contribution >= 0.6 is 0 Å². The van der Waals surface area contributed by atoms with Crippen LogP contribution in [-0.4, -0.2) is 72.5 Å². The number of pyridine rings is 2. The fourth-order valence-corrected chi connectivity index (χ4v) is 3.73. The first-order valence-corrected chi connectivity index (χ1v) is 12.0. The molecule has 4 N–H and O–H groups in total. The number of aryl methyl sites for hydroxylation is 1. The van der Waals surface area contributed by atoms with Crippen LogP contribution < -0.4 is 16.6 Å². The third kappa shape index (κ3) is 7.80. The third-order valence-electron chi connectivity index (χ3n) is 6.00. The van der Waals surface area contributed by atoms with Crippen LogP contribution in [0.1, 0.15) is 30.0 Å². The van der Waals surface area contributed by atoms with E-state index >= 15 is 0 Å². The van der Waals surface area contributed by atoms with E-state index in [2.05, 4.69) is 10.3 Å². The number of carbonyl (C=O) groups is 1. The third-order valence-corrected chi connectivity index (χ3v) is 6.00. The quantitative estimate of drug-likeness (QED) is 0.337. The molecule has 1 aliphatic heterocycles. The standard InChI is InChI=1S/C25H31F3N6O5/c1-4-15(16-9-19(21(29)31-11-16)22(30)39-14-18-13-37-7-8-38-18)5-6-33(2)24(36)32-20-10-17(25(26,27)28)12-34(3)23(20)35/h4,9-12,18,30H,5-8,13-14H2,1-3H3,(H2,29,31)(H,32,36)/b15-4+,30-22?. The Morgan fingerprint density at radius 1 is 1.38 bits per heavy atom. The molecular weight excluding hydrogens is 521 g/mol. The van der Waals surface area contributed by atoms with Gasteiger partial charge in [-0.1, -0.05) is 6.08 Å². The van der Waals surface area contributed by atoms with Crippen LogP contribution in [0.25, 0.3) is 5.57 Å². The monoisotopic (exact) mass is 552 g/mol. The highest BCUT2D eigenvalue weighted by Crippen LogP contribution is 2.29. The smallest absolute Gasteiger partial charge is 0.417 e. The number of nitrogens with zero attached hydrogens (tertiary/aromatic N) is 3. The molecule has 2 aromatic heterocycles. The van der Waals surface area contributed by atoms with Crippen LogP contribution in [-0.2, 0) is 27.4 Å². The number of hydrogen-bond acceptors (Lipinski definition) is 8. The molecule has 212 valence electrons. The molecule has 3 heterocycles. The Morgan fingerprint density at radius 2 is 2.13 bits per heavy atom. The van der Waals surface area contributed by atoms with Gasteiger partial charge in [-0.2, -0.15) is 13.2 Å². The van der Waals surface area contributed by atoms with Gasteiger partial charge >= 0.3 is 12.2 Å². The number of ether oxygens (including phenoxy) is 3. The highest BCUT2D eigenvalue weighted by molar-refractivity contribution is 5.97. The van der Waals surface area contributed by atoms with Gasteiger partial charge in [0.2, 0.25) is 5.90 Å². The first-order valence-electron chi connectivity index (χ1n) is 12.0. The predicted molar refractivity (Wildman–Crippen MR) is 139 cm³/mol. The van der Waals surface area contributed by atoms with E-state index in [1.54, 1.807) is 13.0 Å². The zero-order valence-electron chi connectivity index (χ0n) is 21.8. The summed E-state index contributed by atoms with van der Waals surface area (Å²) in [6, 6.07) is 1.52. The molecule has 1 aliphatic rings. The van der Waals surface area contributed by atoms with Crippen molar-refractivity contribution >= 4 is 29.0 Å². The summed E-state index contributed by atoms with van der Waals surface area (Å²) in [4.78, 5) is 30.3. The summed E-state index contributed by atoms with van der Waals surface area (Å²) < 4.78 is 56.5. The molecule has 0 saturated carbocycles. The SMILES string of the molecule is C/C=C(\CCN(C)C(=O)Nc1cc(C(F)(F)F)cn(C)c1=O)c1cnc(N)c(C(=N)OCC2COCCO2)c1. The summed E-state index contributed by atoms with van der Waals surface area (Å²) in [5, 5.41) is 10.5. The molecule has 0 radical (unpaired) electrons. The zero-order valence-corrected chi connectivity index (χ0v) is 21.8. The van der Waals surface area contributed by atoms with Crippen molar-refractivity contribution in [1.82, 2.24) is 14.5 Å². The molecule has 2 amide bonds. The van der Waals surface area contributed by atoms with Gasteiger partial charge in [0.25, 0.3) is 5.56 Å². The van der Waals surface area contributed by atoms with E-state index in [1.165, 1.54) is 25.2 Å². The molecular formula is C25H31F3N6O5. The lowest BCUT2D eigenvalue weighted by Crippen LogP contribution is -2.35. The van der Waals surface area contributed by atoms with E-state index in [0.717, 1.165) is 10.1 Å². The Morgan fingerprint density at radius 3 is 2.77 bits per heavy atom. The Labute approximate surface area is 222 Å². The number of allylic oxidation sites excluding steroid dienone is 1. The maximum absolute atomic E-state index is 13.1. The molecule has 0 aliphatic carbocycles. The van der Waals surface area contributed by atoms with Crippen molar-refractivity contribution in [3.05, 3.63) is 57.6 Å². The van der Waals surface area contributed by atoms with Crippen molar-refractivity contribution in [3.63, 3.8) is 0 Å². The molecule has 0 bridgehead atoms. The largest absolute Gasteiger partial charge is 0.475 e. The van der Waals surface area contributed by atoms with Crippen molar-refractivity contribution in [2.75, 3.05) is 51.1 Å². The zero-order chi connectivity index (χ0) is 28.7. The number of amides is 2. The number of urea groups is 1. The molecule has 1 saturated heterocycles. The molecule has 39 heavy (non-hydrogen) atoms. The minimum atomic E-state index is -4.68. The van der Waals surface area contributed by atoms with Gasteiger partial charge in [-0.05, 0) is 36.6 Å². The Bertz CT molecular complexity index is 1290. The van der Waals surface area contributed by atoms with Crippen LogP contribution in [0.4, 0.5) is 29.5 Å². The topological polar surface area (TPSA) is 145 Å². The van der Waals surface area contributed by atoms with E-state index in [9.17, 15) is 22.8 Å². The highest BCUT2D eigenvalue weighted by Gasteiger charge is 2.32. The maximum atomic E-state index is 13.1. The molecule has 1 atom stereocenters. The van der Waals surface area contributed by atoms with E-state index in [4.69, 9.17) is 25.4 Å². The average Bonchev–Trinajstić information content (AvgIpc) is 2.90. The average molecular weight is 553 g/mol. The Balaban J connectivity index is 1.64. The normalized spacial score (nSPS) is 16.1. The number of anilines is 2.